The Kier molecular flexibility index (Phi) is 5.78. The average molecular weight is 319 g/mol. The number of carbonyl (C=O) groups excluding carboxylic acids is 2. The van der Waals surface area contributed by atoms with Gasteiger partial charge in [0, 0.05) is 0 Å². The van der Waals surface area contributed by atoms with Crippen molar-refractivity contribution in [1.82, 2.24) is 5.32 Å². The van der Waals surface area contributed by atoms with Crippen molar-refractivity contribution in [2.75, 3.05) is 13.2 Å². The summed E-state index contributed by atoms with van der Waals surface area (Å²) in [5.41, 5.74) is -3.79. The van der Waals surface area contributed by atoms with Gasteiger partial charge in [-0.1, -0.05) is 30.3 Å². The fourth-order valence-electron chi connectivity index (χ4n) is 1.84. The third-order valence-electron chi connectivity index (χ3n) is 2.78. The summed E-state index contributed by atoms with van der Waals surface area (Å²) in [6.45, 7) is 2.39. The molecule has 8 heteroatoms. The Morgan fingerprint density at radius 1 is 1.05 bits per heavy atom. The van der Waals surface area contributed by atoms with E-state index in [1.807, 2.05) is 0 Å². The SMILES string of the molecule is CCOC(=O)NC(C(=O)OCC)(c1ccccc1)C(F)(F)F. The van der Waals surface area contributed by atoms with Crippen molar-refractivity contribution in [1.29, 1.82) is 0 Å². The molecule has 1 aromatic carbocycles. The van der Waals surface area contributed by atoms with E-state index in [4.69, 9.17) is 0 Å². The van der Waals surface area contributed by atoms with Crippen LogP contribution in [0.25, 0.3) is 0 Å². The van der Waals surface area contributed by atoms with Crippen molar-refractivity contribution in [3.05, 3.63) is 35.9 Å². The molecule has 0 saturated heterocycles. The zero-order valence-electron chi connectivity index (χ0n) is 12.1. The number of alkyl carbamates (subject to hydrolysis) is 1. The largest absolute Gasteiger partial charge is 0.464 e. The van der Waals surface area contributed by atoms with Gasteiger partial charge >= 0.3 is 18.2 Å². The minimum absolute atomic E-state index is 0.141. The molecule has 0 fully saturated rings. The summed E-state index contributed by atoms with van der Waals surface area (Å²) in [6, 6.07) is 6.29. The van der Waals surface area contributed by atoms with Gasteiger partial charge < -0.3 is 9.47 Å². The lowest BCUT2D eigenvalue weighted by Crippen LogP contribution is -2.62. The number of rotatable bonds is 5. The molecule has 0 saturated carbocycles. The fourth-order valence-corrected chi connectivity index (χ4v) is 1.84. The molecule has 0 bridgehead atoms. The minimum atomic E-state index is -5.12. The van der Waals surface area contributed by atoms with Crippen LogP contribution in [0.2, 0.25) is 0 Å². The van der Waals surface area contributed by atoms with Gasteiger partial charge in [-0.15, -0.1) is 0 Å². The van der Waals surface area contributed by atoms with Crippen molar-refractivity contribution in [2.24, 2.45) is 0 Å². The van der Waals surface area contributed by atoms with E-state index in [0.29, 0.717) is 0 Å². The van der Waals surface area contributed by atoms with Crippen LogP contribution < -0.4 is 5.32 Å². The van der Waals surface area contributed by atoms with E-state index >= 15 is 0 Å². The van der Waals surface area contributed by atoms with Crippen LogP contribution in [0.5, 0.6) is 0 Å². The van der Waals surface area contributed by atoms with E-state index in [0.717, 1.165) is 12.1 Å². The number of hydrogen-bond donors (Lipinski definition) is 1. The monoisotopic (exact) mass is 319 g/mol. The molecule has 0 radical (unpaired) electrons. The van der Waals surface area contributed by atoms with Crippen LogP contribution in [-0.2, 0) is 19.8 Å². The molecule has 22 heavy (non-hydrogen) atoms. The van der Waals surface area contributed by atoms with Gasteiger partial charge in [-0.2, -0.15) is 13.2 Å². The molecule has 0 aliphatic heterocycles. The molecule has 5 nitrogen and oxygen atoms in total. The van der Waals surface area contributed by atoms with E-state index in [1.165, 1.54) is 32.0 Å². The van der Waals surface area contributed by atoms with Crippen molar-refractivity contribution >= 4 is 12.1 Å². The second-order valence-corrected chi connectivity index (χ2v) is 4.18. The second kappa shape index (κ2) is 7.15. The molecule has 0 spiro atoms. The van der Waals surface area contributed by atoms with E-state index in [9.17, 15) is 22.8 Å². The highest BCUT2D eigenvalue weighted by Gasteiger charge is 2.64. The maximum Gasteiger partial charge on any atom is 0.426 e. The average Bonchev–Trinajstić information content (AvgIpc) is 2.45. The molecule has 1 rings (SSSR count). The first kappa shape index (κ1) is 17.8. The summed E-state index contributed by atoms with van der Waals surface area (Å²) in [5.74, 6) is -1.62. The summed E-state index contributed by atoms with van der Waals surface area (Å²) in [6.07, 6.45) is -6.48. The zero-order chi connectivity index (χ0) is 16.8. The van der Waals surface area contributed by atoms with Crippen molar-refractivity contribution in [2.45, 2.75) is 25.6 Å². The Hall–Kier alpha value is -2.25. The molecule has 0 aliphatic carbocycles. The molecule has 1 atom stereocenters. The number of amides is 1. The number of hydrogen-bond acceptors (Lipinski definition) is 4. The number of esters is 1. The van der Waals surface area contributed by atoms with Crippen LogP contribution in [-0.4, -0.2) is 31.5 Å². The van der Waals surface area contributed by atoms with E-state index in [1.54, 1.807) is 5.32 Å². The Morgan fingerprint density at radius 2 is 1.59 bits per heavy atom. The lowest BCUT2D eigenvalue weighted by Gasteiger charge is -2.33. The smallest absolute Gasteiger partial charge is 0.426 e. The minimum Gasteiger partial charge on any atom is -0.464 e. The highest BCUT2D eigenvalue weighted by atomic mass is 19.4. The van der Waals surface area contributed by atoms with Crippen LogP contribution in [0, 0.1) is 0 Å². The molecule has 122 valence electrons. The second-order valence-electron chi connectivity index (χ2n) is 4.18. The highest BCUT2D eigenvalue weighted by Crippen LogP contribution is 2.40. The lowest BCUT2D eigenvalue weighted by molar-refractivity contribution is -0.215. The van der Waals surface area contributed by atoms with Crippen LogP contribution in [0.4, 0.5) is 18.0 Å². The Balaban J connectivity index is 3.44. The van der Waals surface area contributed by atoms with Gasteiger partial charge in [0.1, 0.15) is 0 Å². The van der Waals surface area contributed by atoms with E-state index in [2.05, 4.69) is 9.47 Å². The van der Waals surface area contributed by atoms with Gasteiger partial charge in [0.25, 0.3) is 5.54 Å². The van der Waals surface area contributed by atoms with Gasteiger partial charge in [-0.25, -0.2) is 9.59 Å². The topological polar surface area (TPSA) is 64.6 Å². The van der Waals surface area contributed by atoms with Crippen LogP contribution in [0.1, 0.15) is 19.4 Å². The quantitative estimate of drug-likeness (QED) is 0.848. The number of ether oxygens (including phenoxy) is 2. The first-order valence-electron chi connectivity index (χ1n) is 6.54. The highest BCUT2D eigenvalue weighted by molar-refractivity contribution is 5.88. The predicted octanol–water partition coefficient (Wildman–Crippen LogP) is 2.75. The summed E-state index contributed by atoms with van der Waals surface area (Å²) < 4.78 is 50.0. The van der Waals surface area contributed by atoms with Gasteiger partial charge in [-0.05, 0) is 19.4 Å². The number of halogens is 3. The molecule has 1 N–H and O–H groups in total. The Labute approximate surface area is 125 Å². The predicted molar refractivity (Wildman–Crippen MR) is 71.0 cm³/mol. The molecular weight excluding hydrogens is 303 g/mol. The van der Waals surface area contributed by atoms with Crippen LogP contribution in [0.15, 0.2) is 30.3 Å². The van der Waals surface area contributed by atoms with Crippen molar-refractivity contribution in [3.8, 4) is 0 Å². The van der Waals surface area contributed by atoms with Crippen LogP contribution in [0.3, 0.4) is 0 Å². The normalized spacial score (nSPS) is 13.9. The lowest BCUT2D eigenvalue weighted by atomic mass is 9.89. The van der Waals surface area contributed by atoms with Gasteiger partial charge in [-0.3, -0.25) is 5.32 Å². The van der Waals surface area contributed by atoms with E-state index < -0.39 is 29.3 Å². The first-order valence-corrected chi connectivity index (χ1v) is 6.54. The van der Waals surface area contributed by atoms with Crippen molar-refractivity contribution in [3.63, 3.8) is 0 Å². The molecule has 0 heterocycles. The fraction of sp³-hybridized carbons (Fsp3) is 0.429. The van der Waals surface area contributed by atoms with Crippen molar-refractivity contribution < 1.29 is 32.2 Å². The maximum absolute atomic E-state index is 13.7. The number of benzene rings is 1. The Bertz CT molecular complexity index is 519. The Morgan fingerprint density at radius 3 is 2.05 bits per heavy atom. The third-order valence-corrected chi connectivity index (χ3v) is 2.78. The standard InChI is InChI=1S/C14H16F3NO4/c1-3-21-11(19)13(14(15,16)17,18-12(20)22-4-2)10-8-6-5-7-9-10/h5-9H,3-4H2,1-2H3,(H,18,20). The number of nitrogens with one attached hydrogen (secondary N) is 1. The van der Waals surface area contributed by atoms with Gasteiger partial charge in [0.05, 0.1) is 13.2 Å². The molecule has 1 amide bonds. The zero-order valence-corrected chi connectivity index (χ0v) is 12.1. The number of carbonyl (C=O) groups is 2. The van der Waals surface area contributed by atoms with Crippen LogP contribution >= 0.6 is 0 Å². The van der Waals surface area contributed by atoms with Gasteiger partial charge in [0.2, 0.25) is 0 Å². The van der Waals surface area contributed by atoms with Gasteiger partial charge in [0.15, 0.2) is 0 Å². The van der Waals surface area contributed by atoms with E-state index in [-0.39, 0.29) is 13.2 Å². The summed E-state index contributed by atoms with van der Waals surface area (Å²) in [7, 11) is 0. The molecule has 0 aliphatic rings. The molecule has 0 aromatic heterocycles. The molecule has 1 aromatic rings. The third kappa shape index (κ3) is 3.49. The summed E-state index contributed by atoms with van der Waals surface area (Å²) in [4.78, 5) is 23.6. The first-order chi connectivity index (χ1) is 10.3. The summed E-state index contributed by atoms with van der Waals surface area (Å²) >= 11 is 0. The molecule has 1 unspecified atom stereocenters. The summed E-state index contributed by atoms with van der Waals surface area (Å²) in [5, 5.41) is 1.61. The molecular formula is C14H16F3NO4. The maximum atomic E-state index is 13.7. The number of alkyl halides is 3.